The highest BCUT2D eigenvalue weighted by atomic mass is 79.9. The fraction of sp³-hybridized carbons (Fsp3) is 0.296. The van der Waals surface area contributed by atoms with Crippen molar-refractivity contribution in [2.45, 2.75) is 25.7 Å². The monoisotopic (exact) mass is 561 g/mol. The number of carbonyl (C=O) groups excluding carboxylic acids is 3. The maximum absolute atomic E-state index is 14.4. The standard InChI is InChI=1S/C23H27BrFNO2.C4H4O4/c1-3-14-26(2)15-6-4-5-7-16-28-20-12-13-21(22(25)17-20)23(27)18-8-10-19(24)11-9-18;5-3(6)1-2-4(7)8/h3,8-13,17H,1,4-7,14-16H2,2H3;1-2H,(H,5,6)(H,7,8)/p-2/b;2-1+. The lowest BCUT2D eigenvalue weighted by molar-refractivity contribution is -0.301. The van der Waals surface area contributed by atoms with Crippen LogP contribution in [0.2, 0.25) is 0 Å². The van der Waals surface area contributed by atoms with Crippen LogP contribution in [0.4, 0.5) is 4.39 Å². The van der Waals surface area contributed by atoms with Gasteiger partial charge in [-0.2, -0.15) is 0 Å². The van der Waals surface area contributed by atoms with Crippen LogP contribution in [0.3, 0.4) is 0 Å². The number of rotatable bonds is 14. The molecule has 0 bridgehead atoms. The van der Waals surface area contributed by atoms with Crippen LogP contribution in [-0.2, 0) is 9.59 Å². The molecule has 0 radical (unpaired) electrons. The molecule has 0 amide bonds. The Morgan fingerprint density at radius 2 is 1.61 bits per heavy atom. The van der Waals surface area contributed by atoms with Crippen LogP contribution in [0.15, 0.2) is 71.7 Å². The number of unbranched alkanes of at least 4 members (excludes halogenated alkanes) is 3. The maximum atomic E-state index is 14.4. The highest BCUT2D eigenvalue weighted by molar-refractivity contribution is 9.10. The van der Waals surface area contributed by atoms with Crippen LogP contribution in [0.1, 0.15) is 41.6 Å². The van der Waals surface area contributed by atoms with Gasteiger partial charge in [-0.15, -0.1) is 6.58 Å². The first-order valence-corrected chi connectivity index (χ1v) is 12.1. The summed E-state index contributed by atoms with van der Waals surface area (Å²) in [5.74, 6) is -3.53. The molecule has 2 rings (SSSR count). The van der Waals surface area contributed by atoms with Gasteiger partial charge in [0.1, 0.15) is 11.6 Å². The lowest BCUT2D eigenvalue weighted by atomic mass is 10.0. The summed E-state index contributed by atoms with van der Waals surface area (Å²) >= 11 is 3.32. The largest absolute Gasteiger partial charge is 0.545 e. The van der Waals surface area contributed by atoms with E-state index in [1.807, 2.05) is 6.08 Å². The average Bonchev–Trinajstić information content (AvgIpc) is 2.83. The molecule has 9 heteroatoms. The molecular formula is C27H29BrFNO6-2. The molecule has 0 unspecified atom stereocenters. The van der Waals surface area contributed by atoms with E-state index in [9.17, 15) is 29.0 Å². The summed E-state index contributed by atoms with van der Waals surface area (Å²) in [6.07, 6.45) is 6.96. The number of halogens is 2. The number of carboxylic acid groups (broad SMARTS) is 2. The van der Waals surface area contributed by atoms with E-state index in [1.165, 1.54) is 12.1 Å². The molecule has 0 saturated carbocycles. The molecule has 0 aliphatic rings. The summed E-state index contributed by atoms with van der Waals surface area (Å²) in [6, 6.07) is 11.3. The fourth-order valence-corrected chi connectivity index (χ4v) is 3.27. The highest BCUT2D eigenvalue weighted by Gasteiger charge is 2.14. The van der Waals surface area contributed by atoms with Gasteiger partial charge in [0.25, 0.3) is 0 Å². The molecule has 0 spiro atoms. The van der Waals surface area contributed by atoms with Crippen molar-refractivity contribution in [1.82, 2.24) is 4.90 Å². The molecule has 36 heavy (non-hydrogen) atoms. The number of aliphatic carboxylic acids is 2. The van der Waals surface area contributed by atoms with Gasteiger partial charge < -0.3 is 29.4 Å². The Labute approximate surface area is 219 Å². The minimum atomic E-state index is -1.55. The van der Waals surface area contributed by atoms with Gasteiger partial charge in [0, 0.05) is 22.6 Å². The van der Waals surface area contributed by atoms with Crippen LogP contribution in [0, 0.1) is 5.82 Å². The van der Waals surface area contributed by atoms with Crippen molar-refractivity contribution in [2.24, 2.45) is 0 Å². The smallest absolute Gasteiger partial charge is 0.195 e. The van der Waals surface area contributed by atoms with E-state index in [-0.39, 0.29) is 11.3 Å². The lowest BCUT2D eigenvalue weighted by Crippen LogP contribution is -2.23. The van der Waals surface area contributed by atoms with Crippen molar-refractivity contribution in [3.05, 3.63) is 88.7 Å². The molecule has 0 heterocycles. The number of ketones is 1. The van der Waals surface area contributed by atoms with Gasteiger partial charge in [-0.05, 0) is 75.0 Å². The summed E-state index contributed by atoms with van der Waals surface area (Å²) in [6.45, 7) is 6.25. The van der Waals surface area contributed by atoms with Crippen LogP contribution in [0.5, 0.6) is 5.75 Å². The molecule has 0 fully saturated rings. The first-order valence-electron chi connectivity index (χ1n) is 11.3. The lowest BCUT2D eigenvalue weighted by Gasteiger charge is -2.13. The topological polar surface area (TPSA) is 110 Å². The van der Waals surface area contributed by atoms with E-state index < -0.39 is 17.8 Å². The van der Waals surface area contributed by atoms with Crippen molar-refractivity contribution in [3.8, 4) is 5.75 Å². The Morgan fingerprint density at radius 3 is 2.17 bits per heavy atom. The van der Waals surface area contributed by atoms with Gasteiger partial charge in [0.05, 0.1) is 24.1 Å². The highest BCUT2D eigenvalue weighted by Crippen LogP contribution is 2.21. The van der Waals surface area contributed by atoms with Crippen molar-refractivity contribution in [1.29, 1.82) is 0 Å². The summed E-state index contributed by atoms with van der Waals surface area (Å²) in [7, 11) is 2.09. The molecule has 194 valence electrons. The normalized spacial score (nSPS) is 10.6. The fourth-order valence-electron chi connectivity index (χ4n) is 3.00. The van der Waals surface area contributed by atoms with Crippen molar-refractivity contribution in [3.63, 3.8) is 0 Å². The summed E-state index contributed by atoms with van der Waals surface area (Å²) in [5.41, 5.74) is 0.507. The van der Waals surface area contributed by atoms with E-state index in [1.54, 1.807) is 30.3 Å². The average molecular weight is 562 g/mol. The van der Waals surface area contributed by atoms with Gasteiger partial charge in [0.2, 0.25) is 0 Å². The predicted octanol–water partition coefficient (Wildman–Crippen LogP) is 2.92. The SMILES string of the molecule is C=CCN(C)CCCCCCOc1ccc(C(=O)c2ccc(Br)cc2)c(F)c1.O=C([O-])/C=C/C(=O)[O-]. The first kappa shape index (κ1) is 30.7. The second-order valence-electron chi connectivity index (χ2n) is 7.76. The van der Waals surface area contributed by atoms with Crippen molar-refractivity contribution >= 4 is 33.7 Å². The molecular weight excluding hydrogens is 533 g/mol. The molecule has 0 atom stereocenters. The van der Waals surface area contributed by atoms with E-state index in [4.69, 9.17) is 4.74 Å². The zero-order valence-corrected chi connectivity index (χ0v) is 21.7. The number of hydrogen-bond donors (Lipinski definition) is 0. The van der Waals surface area contributed by atoms with Crippen LogP contribution >= 0.6 is 15.9 Å². The van der Waals surface area contributed by atoms with Gasteiger partial charge in [-0.1, -0.05) is 34.8 Å². The Kier molecular flexibility index (Phi) is 14.7. The maximum Gasteiger partial charge on any atom is 0.195 e. The zero-order chi connectivity index (χ0) is 26.9. The second-order valence-corrected chi connectivity index (χ2v) is 8.68. The Morgan fingerprint density at radius 1 is 1.00 bits per heavy atom. The summed E-state index contributed by atoms with van der Waals surface area (Å²) in [4.78, 5) is 33.5. The molecule has 2 aromatic rings. The molecule has 7 nitrogen and oxygen atoms in total. The van der Waals surface area contributed by atoms with Gasteiger partial charge >= 0.3 is 0 Å². The molecule has 0 saturated heterocycles. The minimum Gasteiger partial charge on any atom is -0.545 e. The van der Waals surface area contributed by atoms with Gasteiger partial charge in [0.15, 0.2) is 5.78 Å². The second kappa shape index (κ2) is 17.2. The van der Waals surface area contributed by atoms with Crippen molar-refractivity contribution < 1.29 is 33.7 Å². The Hall–Kier alpha value is -3.30. The quantitative estimate of drug-likeness (QED) is 0.151. The van der Waals surface area contributed by atoms with E-state index >= 15 is 0 Å². The molecule has 0 aromatic heterocycles. The Bertz CT molecular complexity index is 1020. The first-order chi connectivity index (χ1) is 17.1. The molecule has 0 aliphatic heterocycles. The van der Waals surface area contributed by atoms with Gasteiger partial charge in [-0.3, -0.25) is 4.79 Å². The van der Waals surface area contributed by atoms with Crippen LogP contribution in [0.25, 0.3) is 0 Å². The third-order valence-corrected chi connectivity index (χ3v) is 5.32. The third kappa shape index (κ3) is 13.0. The number of hydrogen-bond acceptors (Lipinski definition) is 7. The van der Waals surface area contributed by atoms with E-state index in [2.05, 4.69) is 34.5 Å². The number of benzene rings is 2. The number of carbonyl (C=O) groups is 3. The van der Waals surface area contributed by atoms with E-state index in [0.29, 0.717) is 30.1 Å². The number of nitrogens with zero attached hydrogens (tertiary/aromatic N) is 1. The number of ether oxygens (including phenoxy) is 1. The molecule has 2 aromatic carbocycles. The molecule has 0 N–H and O–H groups in total. The zero-order valence-electron chi connectivity index (χ0n) is 20.1. The summed E-state index contributed by atoms with van der Waals surface area (Å²) < 4.78 is 20.9. The summed E-state index contributed by atoms with van der Waals surface area (Å²) in [5, 5.41) is 18.8. The number of carboxylic acids is 2. The third-order valence-electron chi connectivity index (χ3n) is 4.79. The molecule has 0 aliphatic carbocycles. The van der Waals surface area contributed by atoms with Crippen molar-refractivity contribution in [2.75, 3.05) is 26.7 Å². The van der Waals surface area contributed by atoms with Crippen LogP contribution in [-0.4, -0.2) is 49.4 Å². The minimum absolute atomic E-state index is 0.0540. The predicted molar refractivity (Wildman–Crippen MR) is 135 cm³/mol. The van der Waals surface area contributed by atoms with E-state index in [0.717, 1.165) is 43.2 Å². The van der Waals surface area contributed by atoms with Crippen LogP contribution < -0.4 is 14.9 Å². The Balaban J connectivity index is 0.000000697. The van der Waals surface area contributed by atoms with Gasteiger partial charge in [-0.25, -0.2) is 4.39 Å². The number of likely N-dealkylation sites (N-methyl/N-ethyl adjacent to an activating group) is 1.